The van der Waals surface area contributed by atoms with E-state index >= 15 is 0 Å². The first kappa shape index (κ1) is 13.4. The van der Waals surface area contributed by atoms with Gasteiger partial charge in [0.25, 0.3) is 0 Å². The van der Waals surface area contributed by atoms with E-state index in [1.165, 1.54) is 25.7 Å². The summed E-state index contributed by atoms with van der Waals surface area (Å²) in [7, 11) is 1.86. The Balaban J connectivity index is 1.93. The fourth-order valence-electron chi connectivity index (χ4n) is 2.63. The van der Waals surface area contributed by atoms with Crippen molar-refractivity contribution in [3.8, 4) is 0 Å². The number of nitrogens with zero attached hydrogens (tertiary/aromatic N) is 1. The maximum absolute atomic E-state index is 12.2. The van der Waals surface area contributed by atoms with E-state index in [0.29, 0.717) is 5.92 Å². The number of benzene rings is 1. The highest BCUT2D eigenvalue weighted by Crippen LogP contribution is 2.27. The molecule has 0 bridgehead atoms. The first-order valence-electron chi connectivity index (χ1n) is 6.62. The molecule has 1 aromatic carbocycles. The van der Waals surface area contributed by atoms with Crippen molar-refractivity contribution in [2.75, 3.05) is 13.6 Å². The molecule has 1 aromatic rings. The molecule has 0 N–H and O–H groups in total. The third kappa shape index (κ3) is 3.26. The largest absolute Gasteiger partial charge is 0.344 e. The lowest BCUT2D eigenvalue weighted by Gasteiger charge is -2.23. The highest BCUT2D eigenvalue weighted by atomic mass is 35.5. The average molecular weight is 266 g/mol. The van der Waals surface area contributed by atoms with E-state index in [2.05, 4.69) is 0 Å². The standard InChI is InChI=1S/C15H20ClNO/c1-17(11-12-7-5-6-8-12)15(18)14(16)13-9-3-2-4-10-13/h2-4,9-10,12,14H,5-8,11H2,1H3. The Morgan fingerprint density at radius 3 is 2.56 bits per heavy atom. The maximum atomic E-state index is 12.2. The van der Waals surface area contributed by atoms with Gasteiger partial charge in [-0.05, 0) is 24.3 Å². The number of hydrogen-bond donors (Lipinski definition) is 0. The SMILES string of the molecule is CN(CC1CCCC1)C(=O)C(Cl)c1ccccc1. The maximum Gasteiger partial charge on any atom is 0.244 e. The molecule has 18 heavy (non-hydrogen) atoms. The van der Waals surface area contributed by atoms with Gasteiger partial charge >= 0.3 is 0 Å². The minimum atomic E-state index is -0.558. The molecule has 0 aliphatic heterocycles. The van der Waals surface area contributed by atoms with Crippen molar-refractivity contribution in [3.63, 3.8) is 0 Å². The number of likely N-dealkylation sites (N-methyl/N-ethyl adjacent to an activating group) is 1. The van der Waals surface area contributed by atoms with E-state index in [1.807, 2.05) is 37.4 Å². The molecule has 2 nitrogen and oxygen atoms in total. The quantitative estimate of drug-likeness (QED) is 0.762. The summed E-state index contributed by atoms with van der Waals surface area (Å²) in [6.07, 6.45) is 5.09. The lowest BCUT2D eigenvalue weighted by atomic mass is 10.1. The molecule has 0 aromatic heterocycles. The Labute approximate surface area is 114 Å². The third-order valence-corrected chi connectivity index (χ3v) is 4.13. The number of hydrogen-bond acceptors (Lipinski definition) is 1. The fraction of sp³-hybridized carbons (Fsp3) is 0.533. The first-order chi connectivity index (χ1) is 8.68. The number of halogens is 1. The monoisotopic (exact) mass is 265 g/mol. The molecule has 3 heteroatoms. The number of rotatable bonds is 4. The second kappa shape index (κ2) is 6.24. The molecular weight excluding hydrogens is 246 g/mol. The molecule has 0 spiro atoms. The Kier molecular flexibility index (Phi) is 4.65. The molecule has 1 saturated carbocycles. The van der Waals surface area contributed by atoms with Gasteiger partial charge in [-0.25, -0.2) is 0 Å². The van der Waals surface area contributed by atoms with E-state index < -0.39 is 5.38 Å². The van der Waals surface area contributed by atoms with Crippen LogP contribution in [-0.4, -0.2) is 24.4 Å². The van der Waals surface area contributed by atoms with E-state index in [0.717, 1.165) is 12.1 Å². The summed E-state index contributed by atoms with van der Waals surface area (Å²) >= 11 is 6.25. The van der Waals surface area contributed by atoms with Gasteiger partial charge in [-0.15, -0.1) is 11.6 Å². The molecule has 1 unspecified atom stereocenters. The van der Waals surface area contributed by atoms with Crippen LogP contribution in [0, 0.1) is 5.92 Å². The van der Waals surface area contributed by atoms with E-state index in [1.54, 1.807) is 4.90 Å². The fourth-order valence-corrected chi connectivity index (χ4v) is 2.94. The zero-order valence-corrected chi connectivity index (χ0v) is 11.6. The summed E-state index contributed by atoms with van der Waals surface area (Å²) in [5.74, 6) is 0.674. The van der Waals surface area contributed by atoms with Gasteiger partial charge in [-0.1, -0.05) is 43.2 Å². The van der Waals surface area contributed by atoms with Crippen LogP contribution >= 0.6 is 11.6 Å². The summed E-state index contributed by atoms with van der Waals surface area (Å²) < 4.78 is 0. The van der Waals surface area contributed by atoms with Crippen LogP contribution in [0.5, 0.6) is 0 Å². The van der Waals surface area contributed by atoms with Crippen LogP contribution in [0.2, 0.25) is 0 Å². The molecule has 98 valence electrons. The van der Waals surface area contributed by atoms with Crippen molar-refractivity contribution in [1.29, 1.82) is 0 Å². The molecular formula is C15H20ClNO. The third-order valence-electron chi connectivity index (χ3n) is 3.69. The summed E-state index contributed by atoms with van der Waals surface area (Å²) in [5, 5.41) is -0.558. The van der Waals surface area contributed by atoms with Crippen LogP contribution in [0.4, 0.5) is 0 Å². The summed E-state index contributed by atoms with van der Waals surface area (Å²) in [5.41, 5.74) is 0.877. The van der Waals surface area contributed by atoms with Crippen molar-refractivity contribution >= 4 is 17.5 Å². The molecule has 1 amide bonds. The molecule has 0 heterocycles. The van der Waals surface area contributed by atoms with Crippen molar-refractivity contribution in [2.24, 2.45) is 5.92 Å². The smallest absolute Gasteiger partial charge is 0.244 e. The van der Waals surface area contributed by atoms with Gasteiger partial charge in [-0.3, -0.25) is 4.79 Å². The van der Waals surface area contributed by atoms with Crippen LogP contribution in [0.1, 0.15) is 36.6 Å². The van der Waals surface area contributed by atoms with Crippen molar-refractivity contribution in [2.45, 2.75) is 31.1 Å². The summed E-state index contributed by atoms with van der Waals surface area (Å²) in [6.45, 7) is 0.842. The van der Waals surface area contributed by atoms with E-state index in [9.17, 15) is 4.79 Å². The average Bonchev–Trinajstić information content (AvgIpc) is 2.91. The van der Waals surface area contributed by atoms with Gasteiger partial charge < -0.3 is 4.90 Å². The lowest BCUT2D eigenvalue weighted by molar-refractivity contribution is -0.130. The predicted octanol–water partition coefficient (Wildman–Crippen LogP) is 3.62. The summed E-state index contributed by atoms with van der Waals surface area (Å²) in [6, 6.07) is 9.56. The van der Waals surface area contributed by atoms with Crippen LogP contribution in [0.15, 0.2) is 30.3 Å². The zero-order chi connectivity index (χ0) is 13.0. The predicted molar refractivity (Wildman–Crippen MR) is 74.6 cm³/mol. The van der Waals surface area contributed by atoms with Crippen LogP contribution < -0.4 is 0 Å². The van der Waals surface area contributed by atoms with Gasteiger partial charge in [0.2, 0.25) is 5.91 Å². The molecule has 2 rings (SSSR count). The van der Waals surface area contributed by atoms with Crippen LogP contribution in [0.3, 0.4) is 0 Å². The number of amides is 1. The van der Waals surface area contributed by atoms with Gasteiger partial charge in [0, 0.05) is 13.6 Å². The second-order valence-corrected chi connectivity index (χ2v) is 5.58. The Morgan fingerprint density at radius 2 is 1.94 bits per heavy atom. The first-order valence-corrected chi connectivity index (χ1v) is 7.06. The zero-order valence-electron chi connectivity index (χ0n) is 10.8. The topological polar surface area (TPSA) is 20.3 Å². The molecule has 1 fully saturated rings. The number of carbonyl (C=O) groups is 1. The van der Waals surface area contributed by atoms with Gasteiger partial charge in [0.15, 0.2) is 0 Å². The molecule has 1 atom stereocenters. The molecule has 0 saturated heterocycles. The number of carbonyl (C=O) groups excluding carboxylic acids is 1. The van der Waals surface area contributed by atoms with Gasteiger partial charge in [-0.2, -0.15) is 0 Å². The second-order valence-electron chi connectivity index (χ2n) is 5.14. The Hall–Kier alpha value is -1.02. The highest BCUT2D eigenvalue weighted by molar-refractivity contribution is 6.30. The van der Waals surface area contributed by atoms with Crippen LogP contribution in [-0.2, 0) is 4.79 Å². The lowest BCUT2D eigenvalue weighted by Crippen LogP contribution is -2.33. The van der Waals surface area contributed by atoms with Gasteiger partial charge in [0.05, 0.1) is 0 Å². The van der Waals surface area contributed by atoms with Crippen molar-refractivity contribution in [3.05, 3.63) is 35.9 Å². The minimum absolute atomic E-state index is 0.00904. The normalized spacial score (nSPS) is 17.7. The Bertz CT molecular complexity index is 387. The molecule has 1 aliphatic carbocycles. The molecule has 1 aliphatic rings. The van der Waals surface area contributed by atoms with Crippen LogP contribution in [0.25, 0.3) is 0 Å². The van der Waals surface area contributed by atoms with Crippen molar-refractivity contribution < 1.29 is 4.79 Å². The van der Waals surface area contributed by atoms with Gasteiger partial charge in [0.1, 0.15) is 5.38 Å². The summed E-state index contributed by atoms with van der Waals surface area (Å²) in [4.78, 5) is 14.0. The highest BCUT2D eigenvalue weighted by Gasteiger charge is 2.24. The minimum Gasteiger partial charge on any atom is -0.344 e. The van der Waals surface area contributed by atoms with E-state index in [-0.39, 0.29) is 5.91 Å². The Morgan fingerprint density at radius 1 is 1.33 bits per heavy atom. The van der Waals surface area contributed by atoms with E-state index in [4.69, 9.17) is 11.6 Å². The van der Waals surface area contributed by atoms with Crippen molar-refractivity contribution in [1.82, 2.24) is 4.90 Å². The number of alkyl halides is 1. The molecule has 0 radical (unpaired) electrons.